The molecule has 57 heavy (non-hydrogen) atoms. The maximum atomic E-state index is 5.46. The van der Waals surface area contributed by atoms with E-state index in [0.717, 1.165) is 88.6 Å². The second kappa shape index (κ2) is 12.0. The van der Waals surface area contributed by atoms with Crippen LogP contribution in [0.25, 0.3) is 132 Å². The number of fused-ring (bicyclic) bond motifs is 28. The molecular weight excluding hydrogens is 739 g/mol. The van der Waals surface area contributed by atoms with E-state index in [9.17, 15) is 0 Å². The van der Waals surface area contributed by atoms with Gasteiger partial charge >= 0.3 is 16.5 Å². The van der Waals surface area contributed by atoms with Crippen LogP contribution in [-0.4, -0.2) is 9.97 Å². The summed E-state index contributed by atoms with van der Waals surface area (Å²) in [5.41, 5.74) is 11.6. The Morgan fingerprint density at radius 2 is 0.649 bits per heavy atom. The molecule has 0 spiro atoms. The monoisotopic (exact) mass is 766 g/mol. The third-order valence-electron chi connectivity index (χ3n) is 11.9. The van der Waals surface area contributed by atoms with Gasteiger partial charge in [0.2, 0.25) is 0 Å². The average Bonchev–Trinajstić information content (AvgIpc) is 3.99. The van der Waals surface area contributed by atoms with E-state index in [4.69, 9.17) is 19.9 Å². The molecule has 0 saturated heterocycles. The molecule has 2 aliphatic heterocycles. The number of hydrogen-bond acceptors (Lipinski definition) is 2. The molecular formula is C52H28N4Ni. The Bertz CT molecular complexity index is 3480. The first-order valence-electron chi connectivity index (χ1n) is 19.1. The van der Waals surface area contributed by atoms with E-state index in [-0.39, 0.29) is 16.5 Å². The Morgan fingerprint density at radius 3 is 1.09 bits per heavy atom. The van der Waals surface area contributed by atoms with Crippen LogP contribution in [0.1, 0.15) is 0 Å². The van der Waals surface area contributed by atoms with Crippen molar-refractivity contribution in [3.05, 3.63) is 170 Å². The minimum Gasteiger partial charge on any atom is -0.657 e. The fraction of sp³-hybridized carbons (Fsp3) is 0. The largest absolute Gasteiger partial charge is 2.00 e. The molecule has 0 unspecified atom stereocenters. The molecule has 5 heterocycles. The Hall–Kier alpha value is -7.07. The molecule has 0 aliphatic carbocycles. The first kappa shape index (κ1) is 32.2. The number of nitrogens with zero attached hydrogens (tertiary/aromatic N) is 4. The van der Waals surface area contributed by atoms with Crippen molar-refractivity contribution in [1.29, 1.82) is 0 Å². The second-order valence-corrected chi connectivity index (χ2v) is 14.9. The molecule has 0 radical (unpaired) electrons. The van der Waals surface area contributed by atoms with E-state index >= 15 is 0 Å². The summed E-state index contributed by atoms with van der Waals surface area (Å²) in [4.78, 5) is 21.8. The fourth-order valence-corrected chi connectivity index (χ4v) is 9.40. The second-order valence-electron chi connectivity index (χ2n) is 14.9. The summed E-state index contributed by atoms with van der Waals surface area (Å²) in [6, 6.07) is 60.8. The molecule has 0 saturated carbocycles. The zero-order valence-electron chi connectivity index (χ0n) is 30.3. The summed E-state index contributed by atoms with van der Waals surface area (Å²) in [6.07, 6.45) is 0. The van der Waals surface area contributed by atoms with E-state index in [1.165, 1.54) is 43.1 Å². The van der Waals surface area contributed by atoms with Crippen LogP contribution in [0.4, 0.5) is 0 Å². The van der Waals surface area contributed by atoms with Gasteiger partial charge in [-0.15, -0.1) is 22.1 Å². The minimum atomic E-state index is 0. The van der Waals surface area contributed by atoms with Crippen LogP contribution in [0.5, 0.6) is 0 Å². The van der Waals surface area contributed by atoms with Crippen LogP contribution < -0.4 is 9.97 Å². The van der Waals surface area contributed by atoms with Gasteiger partial charge in [-0.05, 0) is 88.9 Å². The van der Waals surface area contributed by atoms with Crippen molar-refractivity contribution in [1.82, 2.24) is 19.9 Å². The fourth-order valence-electron chi connectivity index (χ4n) is 9.40. The number of aromatic nitrogens is 4. The zero-order chi connectivity index (χ0) is 36.5. The van der Waals surface area contributed by atoms with Gasteiger partial charge in [0, 0.05) is 22.3 Å². The molecule has 0 fully saturated rings. The number of hydrogen-bond donors (Lipinski definition) is 0. The quantitative estimate of drug-likeness (QED) is 0.144. The Kier molecular flexibility index (Phi) is 6.76. The Balaban J connectivity index is 0.00000356. The molecule has 13 rings (SSSR count). The summed E-state index contributed by atoms with van der Waals surface area (Å²) in [5, 5.41) is 13.8. The van der Waals surface area contributed by atoms with Crippen molar-refractivity contribution >= 4 is 86.7 Å². The van der Waals surface area contributed by atoms with Crippen molar-refractivity contribution in [3.8, 4) is 45.0 Å². The maximum absolute atomic E-state index is 5.46. The number of benzene rings is 8. The van der Waals surface area contributed by atoms with Gasteiger partial charge in [-0.3, -0.25) is 0 Å². The maximum Gasteiger partial charge on any atom is 2.00 e. The molecule has 8 bridgehead atoms. The molecule has 8 aromatic carbocycles. The molecule has 0 N–H and O–H groups in total. The summed E-state index contributed by atoms with van der Waals surface area (Å²) in [5.74, 6) is 0. The first-order chi connectivity index (χ1) is 27.7. The molecule has 2 aliphatic rings. The Labute approximate surface area is 336 Å². The third-order valence-corrected chi connectivity index (χ3v) is 11.9. The molecule has 5 heteroatoms. The van der Waals surface area contributed by atoms with E-state index < -0.39 is 0 Å². The van der Waals surface area contributed by atoms with E-state index in [1.807, 2.05) is 0 Å². The number of rotatable bonds is 0. The van der Waals surface area contributed by atoms with E-state index in [1.54, 1.807) is 0 Å². The third kappa shape index (κ3) is 4.61. The van der Waals surface area contributed by atoms with Crippen LogP contribution in [0.3, 0.4) is 0 Å². The molecule has 3 aromatic heterocycles. The van der Waals surface area contributed by atoms with Gasteiger partial charge < -0.3 is 9.97 Å². The van der Waals surface area contributed by atoms with Gasteiger partial charge in [0.1, 0.15) is 0 Å². The van der Waals surface area contributed by atoms with Gasteiger partial charge in [0.25, 0.3) is 0 Å². The summed E-state index contributed by atoms with van der Waals surface area (Å²) in [7, 11) is 0. The van der Waals surface area contributed by atoms with Crippen LogP contribution >= 0.6 is 0 Å². The van der Waals surface area contributed by atoms with Gasteiger partial charge in [0.05, 0.1) is 22.8 Å². The summed E-state index contributed by atoms with van der Waals surface area (Å²) >= 11 is 0. The predicted molar refractivity (Wildman–Crippen MR) is 233 cm³/mol. The normalized spacial score (nSPS) is 12.1. The van der Waals surface area contributed by atoms with Crippen molar-refractivity contribution in [3.63, 3.8) is 0 Å². The Morgan fingerprint density at radius 1 is 0.298 bits per heavy atom. The standard InChI is InChI=1S/C52H28N4.Ni/c1-5-13-33-29(9-1)17-21-37-41-26-46-51-35-15-7-3-11-31(35)19-23-39(51)43(55-46)28-48-52-36-16-8-4-12-32(36)20-24-40(52)44(56-48)27-47-50-34-14-6-2-10-30(34)18-22-38(50)42(54-47)25-45(53-41)49(33)37;/h1-28H;/q-2;+2. The van der Waals surface area contributed by atoms with Crippen LogP contribution in [-0.2, 0) is 16.5 Å². The van der Waals surface area contributed by atoms with Crippen LogP contribution in [0.2, 0.25) is 0 Å². The zero-order valence-corrected chi connectivity index (χ0v) is 31.3. The summed E-state index contributed by atoms with van der Waals surface area (Å²) in [6.45, 7) is 0. The van der Waals surface area contributed by atoms with E-state index in [0.29, 0.717) is 0 Å². The SMILES string of the molecule is [Ni+2].c1ccc2c3c(ccc2c1)-c1cc2[n-]c(cc4nc(cc5[n-]c(cc-3n1)c1ccc3ccccc3c51)-c1ccc3ccccc3c1-4)c1ccc3ccccc3c21. The molecule has 266 valence electrons. The van der Waals surface area contributed by atoms with Crippen LogP contribution in [0.15, 0.2) is 170 Å². The molecule has 11 aromatic rings. The van der Waals surface area contributed by atoms with E-state index in [2.05, 4.69) is 170 Å². The smallest absolute Gasteiger partial charge is 0.657 e. The molecule has 0 atom stereocenters. The average molecular weight is 768 g/mol. The van der Waals surface area contributed by atoms with Crippen molar-refractivity contribution in [2.24, 2.45) is 0 Å². The predicted octanol–water partition coefficient (Wildman–Crippen LogP) is 13.2. The van der Waals surface area contributed by atoms with Gasteiger partial charge in [-0.25, -0.2) is 9.97 Å². The van der Waals surface area contributed by atoms with Crippen molar-refractivity contribution in [2.45, 2.75) is 0 Å². The van der Waals surface area contributed by atoms with Gasteiger partial charge in [0.15, 0.2) is 0 Å². The van der Waals surface area contributed by atoms with Gasteiger partial charge in [-0.1, -0.05) is 146 Å². The van der Waals surface area contributed by atoms with Crippen LogP contribution in [0, 0.1) is 0 Å². The van der Waals surface area contributed by atoms with Gasteiger partial charge in [-0.2, -0.15) is 0 Å². The molecule has 4 nitrogen and oxygen atoms in total. The topological polar surface area (TPSA) is 54.0 Å². The van der Waals surface area contributed by atoms with Crippen molar-refractivity contribution in [2.75, 3.05) is 0 Å². The minimum absolute atomic E-state index is 0. The molecule has 0 amide bonds. The summed E-state index contributed by atoms with van der Waals surface area (Å²) < 4.78 is 0. The van der Waals surface area contributed by atoms with Crippen molar-refractivity contribution < 1.29 is 16.5 Å². The first-order valence-corrected chi connectivity index (χ1v) is 19.1.